The zero-order chi connectivity index (χ0) is 19.4. The number of esters is 1. The molecule has 0 bridgehead atoms. The number of methoxy groups -OCH3 is 1. The molecule has 0 saturated carbocycles. The summed E-state index contributed by atoms with van der Waals surface area (Å²) in [4.78, 5) is 12.0. The van der Waals surface area contributed by atoms with Crippen molar-refractivity contribution in [1.29, 1.82) is 0 Å². The van der Waals surface area contributed by atoms with E-state index in [1.165, 1.54) is 12.0 Å². The first-order valence-corrected chi connectivity index (χ1v) is 9.22. The van der Waals surface area contributed by atoms with Gasteiger partial charge in [-0.05, 0) is 0 Å². The summed E-state index contributed by atoms with van der Waals surface area (Å²) in [5.41, 5.74) is 0. The Hall–Kier alpha value is -1.70. The van der Waals surface area contributed by atoms with Gasteiger partial charge >= 0.3 is 12.1 Å². The quantitative estimate of drug-likeness (QED) is 0.577. The normalized spacial score (nSPS) is 17.8. The summed E-state index contributed by atoms with van der Waals surface area (Å²) < 4.78 is 71.8. The number of aromatic nitrogens is 2. The maximum Gasteiger partial charge on any atom is 0.405 e. The number of ether oxygens (including phenoxy) is 1. The molecular weight excluding hydrogens is 379 g/mol. The van der Waals surface area contributed by atoms with E-state index in [9.17, 15) is 26.4 Å². The van der Waals surface area contributed by atoms with Crippen LogP contribution in [-0.4, -0.2) is 81.1 Å². The smallest absolute Gasteiger partial charge is 0.405 e. The van der Waals surface area contributed by atoms with Crippen molar-refractivity contribution in [3.63, 3.8) is 0 Å². The third-order valence-corrected chi connectivity index (χ3v) is 5.25. The molecule has 1 saturated heterocycles. The van der Waals surface area contributed by atoms with Crippen molar-refractivity contribution >= 4 is 16.0 Å². The Bertz CT molecular complexity index is 716. The molecule has 0 spiro atoms. The van der Waals surface area contributed by atoms with Crippen molar-refractivity contribution in [3.05, 3.63) is 12.4 Å². The fraction of sp³-hybridized carbons (Fsp3) is 0.692. The second-order valence-electron chi connectivity index (χ2n) is 5.65. The predicted molar refractivity (Wildman–Crippen MR) is 83.7 cm³/mol. The number of piperazine rings is 1. The maximum absolute atomic E-state index is 13.3. The molecule has 0 amide bonds. The van der Waals surface area contributed by atoms with Crippen molar-refractivity contribution in [3.8, 4) is 0 Å². The molecule has 1 fully saturated rings. The van der Waals surface area contributed by atoms with Crippen LogP contribution in [0.5, 0.6) is 0 Å². The Morgan fingerprint density at radius 1 is 1.42 bits per heavy atom. The van der Waals surface area contributed by atoms with E-state index in [1.54, 1.807) is 0 Å². The van der Waals surface area contributed by atoms with Gasteiger partial charge in [-0.1, -0.05) is 0 Å². The highest BCUT2D eigenvalue weighted by atomic mass is 32.2. The summed E-state index contributed by atoms with van der Waals surface area (Å²) in [6, 6.07) is -1.93. The maximum atomic E-state index is 13.3. The van der Waals surface area contributed by atoms with Gasteiger partial charge in [-0.25, -0.2) is 13.1 Å². The molecule has 2 heterocycles. The fourth-order valence-corrected chi connectivity index (χ4v) is 3.47. The van der Waals surface area contributed by atoms with Crippen LogP contribution in [0.1, 0.15) is 0 Å². The number of halogens is 3. The molecule has 1 aliphatic heterocycles. The lowest BCUT2D eigenvalue weighted by molar-refractivity contribution is -0.182. The number of nitrogens with one attached hydrogen (secondary N) is 2. The molecule has 148 valence electrons. The number of rotatable bonds is 7. The van der Waals surface area contributed by atoms with E-state index < -0.39 is 34.8 Å². The van der Waals surface area contributed by atoms with Crippen molar-refractivity contribution in [1.82, 2.24) is 24.7 Å². The number of carbonyl (C=O) groups excluding carboxylic acids is 1. The van der Waals surface area contributed by atoms with Gasteiger partial charge in [0.1, 0.15) is 17.5 Å². The van der Waals surface area contributed by atoms with Crippen molar-refractivity contribution in [2.45, 2.75) is 23.7 Å². The lowest BCUT2D eigenvalue weighted by Crippen LogP contribution is -2.57. The summed E-state index contributed by atoms with van der Waals surface area (Å²) in [5.74, 6) is -0.638. The number of alkyl halides is 3. The van der Waals surface area contributed by atoms with Gasteiger partial charge in [0.2, 0.25) is 10.0 Å². The molecule has 1 aromatic heterocycles. The summed E-state index contributed by atoms with van der Waals surface area (Å²) in [5, 5.41) is 6.64. The summed E-state index contributed by atoms with van der Waals surface area (Å²) in [6.45, 7) is 0.0250. The molecule has 13 heteroatoms. The van der Waals surface area contributed by atoms with Gasteiger partial charge < -0.3 is 10.1 Å². The van der Waals surface area contributed by atoms with Gasteiger partial charge in [0.25, 0.3) is 0 Å². The minimum atomic E-state index is -4.57. The Balaban J connectivity index is 2.06. The molecule has 0 radical (unpaired) electrons. The molecule has 1 unspecified atom stereocenters. The van der Waals surface area contributed by atoms with E-state index in [2.05, 4.69) is 15.2 Å². The van der Waals surface area contributed by atoms with Crippen molar-refractivity contribution < 1.29 is 31.1 Å². The van der Waals surface area contributed by atoms with Crippen LogP contribution < -0.4 is 10.0 Å². The van der Waals surface area contributed by atoms with Crippen LogP contribution in [0.2, 0.25) is 0 Å². The molecule has 1 atom stereocenters. The molecular formula is C13H20F3N5O4S. The Morgan fingerprint density at radius 3 is 2.65 bits per heavy atom. The van der Waals surface area contributed by atoms with Crippen LogP contribution in [-0.2, 0) is 26.1 Å². The van der Waals surface area contributed by atoms with E-state index in [0.29, 0.717) is 13.1 Å². The molecule has 26 heavy (non-hydrogen) atoms. The lowest BCUT2D eigenvalue weighted by Gasteiger charge is -2.35. The van der Waals surface area contributed by atoms with Gasteiger partial charge in [0, 0.05) is 38.9 Å². The van der Waals surface area contributed by atoms with Gasteiger partial charge in [-0.3, -0.25) is 14.4 Å². The standard InChI is InChI=1S/C13H20F3N5O4S/c1-25-12(22)9-21-8-10(6-18-21)26(23,24)19-7-11(13(14,15)16)20-4-2-17-3-5-20/h6,8,11,17,19H,2-5,7,9H2,1H3. The first-order valence-electron chi connectivity index (χ1n) is 7.74. The third-order valence-electron chi connectivity index (χ3n) is 3.88. The van der Waals surface area contributed by atoms with Crippen LogP contribution in [0, 0.1) is 0 Å². The van der Waals surface area contributed by atoms with E-state index in [0.717, 1.165) is 17.1 Å². The topological polar surface area (TPSA) is 106 Å². The number of hydrogen-bond acceptors (Lipinski definition) is 7. The molecule has 2 N–H and O–H groups in total. The molecule has 2 rings (SSSR count). The second-order valence-corrected chi connectivity index (χ2v) is 7.41. The van der Waals surface area contributed by atoms with E-state index >= 15 is 0 Å². The van der Waals surface area contributed by atoms with Crippen LogP contribution in [0.15, 0.2) is 17.3 Å². The lowest BCUT2D eigenvalue weighted by atomic mass is 10.2. The highest BCUT2D eigenvalue weighted by Crippen LogP contribution is 2.25. The molecule has 9 nitrogen and oxygen atoms in total. The van der Waals surface area contributed by atoms with Gasteiger partial charge in [0.15, 0.2) is 0 Å². The van der Waals surface area contributed by atoms with E-state index in [1.807, 2.05) is 4.72 Å². The number of nitrogens with zero attached hydrogens (tertiary/aromatic N) is 3. The predicted octanol–water partition coefficient (Wildman–Crippen LogP) is -0.829. The highest BCUT2D eigenvalue weighted by molar-refractivity contribution is 7.89. The van der Waals surface area contributed by atoms with Crippen LogP contribution in [0.3, 0.4) is 0 Å². The molecule has 0 aliphatic carbocycles. The van der Waals surface area contributed by atoms with E-state index in [-0.39, 0.29) is 24.5 Å². The zero-order valence-electron chi connectivity index (χ0n) is 14.0. The zero-order valence-corrected chi connectivity index (χ0v) is 14.8. The Labute approximate surface area is 148 Å². The second kappa shape index (κ2) is 8.33. The fourth-order valence-electron chi connectivity index (χ4n) is 2.48. The first kappa shape index (κ1) is 20.6. The minimum Gasteiger partial charge on any atom is -0.468 e. The number of sulfonamides is 1. The van der Waals surface area contributed by atoms with E-state index in [4.69, 9.17) is 0 Å². The third kappa shape index (κ3) is 5.40. The highest BCUT2D eigenvalue weighted by Gasteiger charge is 2.44. The molecule has 1 aromatic rings. The van der Waals surface area contributed by atoms with Gasteiger partial charge in [-0.2, -0.15) is 18.3 Å². The summed E-state index contributed by atoms with van der Waals surface area (Å²) in [7, 11) is -3.04. The molecule has 1 aliphatic rings. The van der Waals surface area contributed by atoms with Crippen LogP contribution in [0.4, 0.5) is 13.2 Å². The summed E-state index contributed by atoms with van der Waals surface area (Å²) in [6.07, 6.45) is -2.57. The Morgan fingerprint density at radius 2 is 2.08 bits per heavy atom. The van der Waals surface area contributed by atoms with Crippen molar-refractivity contribution in [2.75, 3.05) is 39.8 Å². The number of carbonyl (C=O) groups is 1. The number of hydrogen-bond donors (Lipinski definition) is 2. The van der Waals surface area contributed by atoms with Crippen molar-refractivity contribution in [2.24, 2.45) is 0 Å². The van der Waals surface area contributed by atoms with Gasteiger partial charge in [0.05, 0.1) is 13.3 Å². The average molecular weight is 399 g/mol. The minimum absolute atomic E-state index is 0.170. The van der Waals surface area contributed by atoms with Gasteiger partial charge in [-0.15, -0.1) is 0 Å². The SMILES string of the molecule is COC(=O)Cn1cc(S(=O)(=O)NCC(N2CCNCC2)C(F)(F)F)cn1. The summed E-state index contributed by atoms with van der Waals surface area (Å²) >= 11 is 0. The monoisotopic (exact) mass is 399 g/mol. The average Bonchev–Trinajstić information content (AvgIpc) is 3.04. The Kier molecular flexibility index (Phi) is 6.60. The van der Waals surface area contributed by atoms with Crippen LogP contribution >= 0.6 is 0 Å². The largest absolute Gasteiger partial charge is 0.468 e. The van der Waals surface area contributed by atoms with Crippen LogP contribution in [0.25, 0.3) is 0 Å². The first-order chi connectivity index (χ1) is 12.1. The molecule has 0 aromatic carbocycles.